The van der Waals surface area contributed by atoms with Crippen molar-refractivity contribution in [2.45, 2.75) is 39.2 Å². The summed E-state index contributed by atoms with van der Waals surface area (Å²) in [5.41, 5.74) is 1.12. The quantitative estimate of drug-likeness (QED) is 0.653. The summed E-state index contributed by atoms with van der Waals surface area (Å²) in [6.07, 6.45) is 3.69. The lowest BCUT2D eigenvalue weighted by atomic mass is 9.80. The Balaban J connectivity index is 1.99. The number of rotatable bonds is 3. The molecule has 0 bridgehead atoms. The van der Waals surface area contributed by atoms with Gasteiger partial charge in [0.2, 0.25) is 0 Å². The van der Waals surface area contributed by atoms with Gasteiger partial charge < -0.3 is 5.32 Å². The Morgan fingerprint density at radius 2 is 1.89 bits per heavy atom. The zero-order valence-corrected chi connectivity index (χ0v) is 10.9. The van der Waals surface area contributed by atoms with Gasteiger partial charge in [0.15, 0.2) is 0 Å². The molecule has 3 atom stereocenters. The monoisotopic (exact) mass is 248 g/mol. The molecule has 0 radical (unpaired) electrons. The number of anilines is 1. The minimum atomic E-state index is -0.366. The third kappa shape index (κ3) is 3.00. The topological polar surface area (TPSA) is 55.2 Å². The standard InChI is InChI=1S/C14H20N2O2/c1-10-3-8-14(11(2)9-10)15-12-4-6-13(7-5-12)16(17)18/h4-7,10-11,14-15H,3,8-9H2,1-2H3. The number of hydrogen-bond donors (Lipinski definition) is 1. The maximum Gasteiger partial charge on any atom is 0.269 e. The fourth-order valence-electron chi connectivity index (χ4n) is 2.77. The zero-order valence-electron chi connectivity index (χ0n) is 10.9. The summed E-state index contributed by atoms with van der Waals surface area (Å²) in [7, 11) is 0. The van der Waals surface area contributed by atoms with Gasteiger partial charge in [0, 0.05) is 23.9 Å². The highest BCUT2D eigenvalue weighted by Gasteiger charge is 2.25. The maximum absolute atomic E-state index is 10.6. The van der Waals surface area contributed by atoms with Gasteiger partial charge in [-0.1, -0.05) is 13.8 Å². The summed E-state index contributed by atoms with van der Waals surface area (Å²) in [5, 5.41) is 14.1. The van der Waals surface area contributed by atoms with Crippen LogP contribution < -0.4 is 5.32 Å². The van der Waals surface area contributed by atoms with Gasteiger partial charge in [-0.05, 0) is 43.2 Å². The Kier molecular flexibility index (Phi) is 3.84. The number of hydrogen-bond acceptors (Lipinski definition) is 3. The van der Waals surface area contributed by atoms with Gasteiger partial charge >= 0.3 is 0 Å². The third-order valence-corrected chi connectivity index (χ3v) is 3.86. The SMILES string of the molecule is CC1CCC(Nc2ccc([N+](=O)[O-])cc2)C(C)C1. The van der Waals surface area contributed by atoms with Crippen molar-refractivity contribution in [2.75, 3.05) is 5.32 Å². The molecule has 1 aromatic rings. The van der Waals surface area contributed by atoms with Gasteiger partial charge in [0.25, 0.3) is 5.69 Å². The minimum absolute atomic E-state index is 0.144. The van der Waals surface area contributed by atoms with Crippen LogP contribution in [0.3, 0.4) is 0 Å². The first-order valence-electron chi connectivity index (χ1n) is 6.57. The molecule has 18 heavy (non-hydrogen) atoms. The number of benzene rings is 1. The smallest absolute Gasteiger partial charge is 0.269 e. The van der Waals surface area contributed by atoms with Crippen molar-refractivity contribution >= 4 is 11.4 Å². The highest BCUT2D eigenvalue weighted by molar-refractivity contribution is 5.49. The van der Waals surface area contributed by atoms with E-state index < -0.39 is 0 Å². The average Bonchev–Trinajstić information content (AvgIpc) is 2.33. The summed E-state index contributed by atoms with van der Waals surface area (Å²) in [5.74, 6) is 1.47. The lowest BCUT2D eigenvalue weighted by Crippen LogP contribution is -2.32. The molecule has 1 aromatic carbocycles. The molecular weight excluding hydrogens is 228 g/mol. The van der Waals surface area contributed by atoms with E-state index in [-0.39, 0.29) is 10.6 Å². The van der Waals surface area contributed by atoms with E-state index in [0.717, 1.165) is 11.6 Å². The Morgan fingerprint density at radius 1 is 1.22 bits per heavy atom. The van der Waals surface area contributed by atoms with E-state index in [9.17, 15) is 10.1 Å². The van der Waals surface area contributed by atoms with Crippen LogP contribution in [-0.4, -0.2) is 11.0 Å². The first kappa shape index (κ1) is 12.9. The Bertz CT molecular complexity index is 416. The van der Waals surface area contributed by atoms with Crippen LogP contribution in [0.1, 0.15) is 33.1 Å². The van der Waals surface area contributed by atoms with Crippen LogP contribution in [0.15, 0.2) is 24.3 Å². The van der Waals surface area contributed by atoms with Crippen molar-refractivity contribution < 1.29 is 4.92 Å². The molecule has 2 rings (SSSR count). The summed E-state index contributed by atoms with van der Waals surface area (Å²) in [4.78, 5) is 10.2. The average molecular weight is 248 g/mol. The van der Waals surface area contributed by atoms with E-state index in [1.807, 2.05) is 0 Å². The van der Waals surface area contributed by atoms with Crippen molar-refractivity contribution in [3.05, 3.63) is 34.4 Å². The zero-order chi connectivity index (χ0) is 13.1. The molecule has 1 saturated carbocycles. The molecule has 1 aliphatic rings. The molecule has 98 valence electrons. The molecule has 1 fully saturated rings. The number of nitro benzene ring substituents is 1. The second kappa shape index (κ2) is 5.38. The van der Waals surface area contributed by atoms with Crippen molar-refractivity contribution in [3.8, 4) is 0 Å². The minimum Gasteiger partial charge on any atom is -0.382 e. The Labute approximate surface area is 108 Å². The predicted molar refractivity (Wildman–Crippen MR) is 72.7 cm³/mol. The van der Waals surface area contributed by atoms with Gasteiger partial charge in [-0.15, -0.1) is 0 Å². The molecule has 1 aliphatic carbocycles. The van der Waals surface area contributed by atoms with Gasteiger partial charge in [0.05, 0.1) is 4.92 Å². The number of non-ortho nitro benzene ring substituents is 1. The van der Waals surface area contributed by atoms with E-state index >= 15 is 0 Å². The second-order valence-electron chi connectivity index (χ2n) is 5.45. The first-order chi connectivity index (χ1) is 8.56. The molecular formula is C14H20N2O2. The van der Waals surface area contributed by atoms with Crippen LogP contribution in [0.5, 0.6) is 0 Å². The van der Waals surface area contributed by atoms with Crippen LogP contribution in [0.2, 0.25) is 0 Å². The molecule has 0 amide bonds. The third-order valence-electron chi connectivity index (χ3n) is 3.86. The Hall–Kier alpha value is -1.58. The van der Waals surface area contributed by atoms with Crippen molar-refractivity contribution in [3.63, 3.8) is 0 Å². The van der Waals surface area contributed by atoms with Crippen LogP contribution in [0, 0.1) is 22.0 Å². The van der Waals surface area contributed by atoms with Gasteiger partial charge in [-0.25, -0.2) is 0 Å². The molecule has 4 heteroatoms. The molecule has 0 spiro atoms. The highest BCUT2D eigenvalue weighted by Crippen LogP contribution is 2.31. The molecule has 4 nitrogen and oxygen atoms in total. The van der Waals surface area contributed by atoms with Crippen LogP contribution in [0.25, 0.3) is 0 Å². The molecule has 0 aliphatic heterocycles. The lowest BCUT2D eigenvalue weighted by molar-refractivity contribution is -0.384. The highest BCUT2D eigenvalue weighted by atomic mass is 16.6. The van der Waals surface area contributed by atoms with Crippen LogP contribution >= 0.6 is 0 Å². The predicted octanol–water partition coefficient (Wildman–Crippen LogP) is 3.83. The van der Waals surface area contributed by atoms with E-state index in [1.165, 1.54) is 19.3 Å². The van der Waals surface area contributed by atoms with Crippen molar-refractivity contribution in [1.29, 1.82) is 0 Å². The Morgan fingerprint density at radius 3 is 2.44 bits per heavy atom. The van der Waals surface area contributed by atoms with Crippen molar-refractivity contribution in [1.82, 2.24) is 0 Å². The van der Waals surface area contributed by atoms with Crippen molar-refractivity contribution in [2.24, 2.45) is 11.8 Å². The van der Waals surface area contributed by atoms with Gasteiger partial charge in [0.1, 0.15) is 0 Å². The first-order valence-corrected chi connectivity index (χ1v) is 6.57. The maximum atomic E-state index is 10.6. The molecule has 0 saturated heterocycles. The summed E-state index contributed by atoms with van der Waals surface area (Å²) in [6.45, 7) is 4.58. The van der Waals surface area contributed by atoms with Gasteiger partial charge in [-0.3, -0.25) is 10.1 Å². The molecule has 0 aromatic heterocycles. The van der Waals surface area contributed by atoms with Crippen LogP contribution in [0.4, 0.5) is 11.4 Å². The van der Waals surface area contributed by atoms with E-state index in [1.54, 1.807) is 24.3 Å². The van der Waals surface area contributed by atoms with E-state index in [0.29, 0.717) is 12.0 Å². The fourth-order valence-corrected chi connectivity index (χ4v) is 2.77. The number of nitrogens with zero attached hydrogens (tertiary/aromatic N) is 1. The summed E-state index contributed by atoms with van der Waals surface area (Å²) >= 11 is 0. The number of nitro groups is 1. The van der Waals surface area contributed by atoms with Gasteiger partial charge in [-0.2, -0.15) is 0 Å². The fraction of sp³-hybridized carbons (Fsp3) is 0.571. The lowest BCUT2D eigenvalue weighted by Gasteiger charge is -2.33. The van der Waals surface area contributed by atoms with E-state index in [2.05, 4.69) is 19.2 Å². The second-order valence-corrected chi connectivity index (χ2v) is 5.45. The van der Waals surface area contributed by atoms with E-state index in [4.69, 9.17) is 0 Å². The van der Waals surface area contributed by atoms with Crippen LogP contribution in [-0.2, 0) is 0 Å². The number of nitrogens with one attached hydrogen (secondary N) is 1. The molecule has 3 unspecified atom stereocenters. The normalized spacial score (nSPS) is 27.8. The summed E-state index contributed by atoms with van der Waals surface area (Å²) in [6, 6.07) is 7.19. The molecule has 1 N–H and O–H groups in total. The molecule has 0 heterocycles. The largest absolute Gasteiger partial charge is 0.382 e. The summed E-state index contributed by atoms with van der Waals surface area (Å²) < 4.78 is 0.